The number of aromatic nitrogens is 2. The fraction of sp³-hybridized carbons (Fsp3) is 0.312. The summed E-state index contributed by atoms with van der Waals surface area (Å²) in [6, 6.07) is 4.81. The number of hydrogen-bond donors (Lipinski definition) is 1. The van der Waals surface area contributed by atoms with Gasteiger partial charge in [0, 0.05) is 31.0 Å². The maximum Gasteiger partial charge on any atom is 0.388 e. The monoisotopic (exact) mass is 350 g/mol. The fourth-order valence-electron chi connectivity index (χ4n) is 2.61. The minimum atomic E-state index is -3.02. The van der Waals surface area contributed by atoms with Gasteiger partial charge in [-0.1, -0.05) is 0 Å². The molecule has 0 bridgehead atoms. The van der Waals surface area contributed by atoms with E-state index >= 15 is 0 Å². The zero-order valence-electron chi connectivity index (χ0n) is 13.2. The van der Waals surface area contributed by atoms with E-state index in [1.807, 2.05) is 4.90 Å². The Balaban J connectivity index is 2.03. The molecule has 0 aromatic carbocycles. The molecule has 3 rings (SSSR count). The molecule has 0 spiro atoms. The lowest BCUT2D eigenvalue weighted by atomic mass is 10.1. The molecule has 0 radical (unpaired) electrons. The Hall–Kier alpha value is -2.81. The number of amides is 1. The normalized spacial score (nSPS) is 14.6. The van der Waals surface area contributed by atoms with Gasteiger partial charge in [0.25, 0.3) is 5.91 Å². The van der Waals surface area contributed by atoms with Crippen LogP contribution in [0.15, 0.2) is 30.6 Å². The minimum absolute atomic E-state index is 0.150. The van der Waals surface area contributed by atoms with E-state index in [9.17, 15) is 13.6 Å². The SMILES string of the molecule is NC(=O)c1cnccc1-c1ccc(N2CCOCC2)c(OC(F)F)n1. The van der Waals surface area contributed by atoms with Gasteiger partial charge in [-0.15, -0.1) is 0 Å². The van der Waals surface area contributed by atoms with Crippen molar-refractivity contribution in [2.45, 2.75) is 6.61 Å². The molecular formula is C16H16F2N4O3. The summed E-state index contributed by atoms with van der Waals surface area (Å²) >= 11 is 0. The van der Waals surface area contributed by atoms with Crippen molar-refractivity contribution >= 4 is 11.6 Å². The van der Waals surface area contributed by atoms with Gasteiger partial charge in [0.05, 0.1) is 24.5 Å². The maximum absolute atomic E-state index is 12.8. The summed E-state index contributed by atoms with van der Waals surface area (Å²) in [6.45, 7) is -0.946. The summed E-state index contributed by atoms with van der Waals surface area (Å²) in [5.74, 6) is -0.889. The first-order chi connectivity index (χ1) is 12.1. The van der Waals surface area contributed by atoms with E-state index < -0.39 is 12.5 Å². The lowest BCUT2D eigenvalue weighted by molar-refractivity contribution is -0.0525. The lowest BCUT2D eigenvalue weighted by Gasteiger charge is -2.29. The number of pyridine rings is 2. The second-order valence-corrected chi connectivity index (χ2v) is 5.28. The highest BCUT2D eigenvalue weighted by molar-refractivity contribution is 5.99. The second kappa shape index (κ2) is 7.39. The largest absolute Gasteiger partial charge is 0.415 e. The van der Waals surface area contributed by atoms with Crippen LogP contribution < -0.4 is 15.4 Å². The second-order valence-electron chi connectivity index (χ2n) is 5.28. The van der Waals surface area contributed by atoms with Gasteiger partial charge >= 0.3 is 6.61 Å². The number of alkyl halides is 2. The molecule has 2 aromatic heterocycles. The highest BCUT2D eigenvalue weighted by Crippen LogP contribution is 2.32. The number of anilines is 1. The van der Waals surface area contributed by atoms with E-state index in [-0.39, 0.29) is 11.4 Å². The highest BCUT2D eigenvalue weighted by Gasteiger charge is 2.21. The fourth-order valence-corrected chi connectivity index (χ4v) is 2.61. The summed E-state index contributed by atoms with van der Waals surface area (Å²) < 4.78 is 35.5. The smallest absolute Gasteiger partial charge is 0.388 e. The number of halogens is 2. The molecule has 9 heteroatoms. The van der Waals surface area contributed by atoms with Crippen molar-refractivity contribution in [1.82, 2.24) is 9.97 Å². The molecule has 7 nitrogen and oxygen atoms in total. The molecule has 0 aliphatic carbocycles. The number of carbonyl (C=O) groups excluding carboxylic acids is 1. The summed E-state index contributed by atoms with van der Waals surface area (Å²) in [6.07, 6.45) is 2.77. The summed E-state index contributed by atoms with van der Waals surface area (Å²) in [7, 11) is 0. The molecular weight excluding hydrogens is 334 g/mol. The number of primary amides is 1. The van der Waals surface area contributed by atoms with Gasteiger partial charge in [-0.25, -0.2) is 4.98 Å². The molecule has 2 N–H and O–H groups in total. The van der Waals surface area contributed by atoms with Gasteiger partial charge in [0.2, 0.25) is 5.88 Å². The van der Waals surface area contributed by atoms with Gasteiger partial charge in [0.1, 0.15) is 5.69 Å². The highest BCUT2D eigenvalue weighted by atomic mass is 19.3. The van der Waals surface area contributed by atoms with Crippen LogP contribution in [-0.2, 0) is 4.74 Å². The van der Waals surface area contributed by atoms with Crippen LogP contribution >= 0.6 is 0 Å². The van der Waals surface area contributed by atoms with Crippen LogP contribution in [0.25, 0.3) is 11.3 Å². The Morgan fingerprint density at radius 2 is 2.04 bits per heavy atom. The first kappa shape index (κ1) is 17.0. The van der Waals surface area contributed by atoms with Gasteiger partial charge in [-0.2, -0.15) is 8.78 Å². The molecule has 3 heterocycles. The van der Waals surface area contributed by atoms with E-state index in [1.54, 1.807) is 18.2 Å². The lowest BCUT2D eigenvalue weighted by Crippen LogP contribution is -2.36. The van der Waals surface area contributed by atoms with E-state index in [0.717, 1.165) is 0 Å². The number of nitrogens with zero attached hydrogens (tertiary/aromatic N) is 3. The van der Waals surface area contributed by atoms with Crippen LogP contribution in [-0.4, -0.2) is 48.8 Å². The number of hydrogen-bond acceptors (Lipinski definition) is 6. The predicted molar refractivity (Wildman–Crippen MR) is 85.6 cm³/mol. The Morgan fingerprint density at radius 1 is 1.28 bits per heavy atom. The molecule has 1 fully saturated rings. The Bertz CT molecular complexity index is 767. The van der Waals surface area contributed by atoms with Crippen LogP contribution in [0.1, 0.15) is 10.4 Å². The third kappa shape index (κ3) is 3.82. The molecule has 1 aliphatic heterocycles. The molecule has 0 unspecified atom stereocenters. The van der Waals surface area contributed by atoms with Crippen molar-refractivity contribution in [2.75, 3.05) is 31.2 Å². The van der Waals surface area contributed by atoms with Crippen molar-refractivity contribution in [3.63, 3.8) is 0 Å². The van der Waals surface area contributed by atoms with Crippen molar-refractivity contribution in [1.29, 1.82) is 0 Å². The van der Waals surface area contributed by atoms with Gasteiger partial charge < -0.3 is 20.1 Å². The maximum atomic E-state index is 12.8. The summed E-state index contributed by atoms with van der Waals surface area (Å²) in [5.41, 5.74) is 6.63. The van der Waals surface area contributed by atoms with E-state index in [2.05, 4.69) is 14.7 Å². The number of carbonyl (C=O) groups is 1. The molecule has 25 heavy (non-hydrogen) atoms. The molecule has 1 saturated heterocycles. The average molecular weight is 350 g/mol. The average Bonchev–Trinajstić information content (AvgIpc) is 2.62. The number of nitrogens with two attached hydrogens (primary N) is 1. The summed E-state index contributed by atoms with van der Waals surface area (Å²) in [5, 5.41) is 0. The molecule has 1 aliphatic rings. The molecule has 0 saturated carbocycles. The van der Waals surface area contributed by atoms with Crippen LogP contribution in [0.3, 0.4) is 0 Å². The van der Waals surface area contributed by atoms with Crippen LogP contribution in [0.5, 0.6) is 5.88 Å². The van der Waals surface area contributed by atoms with Crippen LogP contribution in [0.4, 0.5) is 14.5 Å². The third-order valence-corrected chi connectivity index (χ3v) is 3.76. The predicted octanol–water partition coefficient (Wildman–Crippen LogP) is 1.68. The molecule has 1 amide bonds. The standard InChI is InChI=1S/C16H16F2N4O3/c17-16(18)25-15-13(22-5-7-24-8-6-22)2-1-12(21-15)10-3-4-20-9-11(10)14(19)23/h1-4,9,16H,5-8H2,(H2,19,23). The third-order valence-electron chi connectivity index (χ3n) is 3.76. The van der Waals surface area contributed by atoms with E-state index in [4.69, 9.17) is 10.5 Å². The number of ether oxygens (including phenoxy) is 2. The van der Waals surface area contributed by atoms with Crippen molar-refractivity contribution in [3.8, 4) is 17.1 Å². The summed E-state index contributed by atoms with van der Waals surface area (Å²) in [4.78, 5) is 21.4. The Kier molecular flexibility index (Phi) is 5.03. The zero-order valence-corrected chi connectivity index (χ0v) is 13.2. The zero-order chi connectivity index (χ0) is 17.8. The minimum Gasteiger partial charge on any atom is -0.415 e. The Labute approximate surface area is 142 Å². The molecule has 0 atom stereocenters. The van der Waals surface area contributed by atoms with E-state index in [1.165, 1.54) is 12.4 Å². The topological polar surface area (TPSA) is 90.6 Å². The Morgan fingerprint density at radius 3 is 2.72 bits per heavy atom. The number of rotatable bonds is 5. The van der Waals surface area contributed by atoms with Crippen LogP contribution in [0.2, 0.25) is 0 Å². The van der Waals surface area contributed by atoms with Gasteiger partial charge in [0.15, 0.2) is 0 Å². The first-order valence-corrected chi connectivity index (χ1v) is 7.59. The van der Waals surface area contributed by atoms with Crippen molar-refractivity contribution < 1.29 is 23.0 Å². The van der Waals surface area contributed by atoms with Crippen molar-refractivity contribution in [3.05, 3.63) is 36.2 Å². The molecule has 2 aromatic rings. The molecule has 132 valence electrons. The van der Waals surface area contributed by atoms with Gasteiger partial charge in [-0.05, 0) is 18.2 Å². The number of morpholine rings is 1. The first-order valence-electron chi connectivity index (χ1n) is 7.59. The van der Waals surface area contributed by atoms with Crippen molar-refractivity contribution in [2.24, 2.45) is 5.73 Å². The van der Waals surface area contributed by atoms with E-state index in [0.29, 0.717) is 43.2 Å². The quantitative estimate of drug-likeness (QED) is 0.882. The van der Waals surface area contributed by atoms with Crippen LogP contribution in [0, 0.1) is 0 Å². The van der Waals surface area contributed by atoms with Gasteiger partial charge in [-0.3, -0.25) is 9.78 Å².